The van der Waals surface area contributed by atoms with E-state index < -0.39 is 15.8 Å². The Bertz CT molecular complexity index is 583. The lowest BCUT2D eigenvalue weighted by Gasteiger charge is -2.24. The molecule has 0 bridgehead atoms. The van der Waals surface area contributed by atoms with E-state index in [9.17, 15) is 12.8 Å². The summed E-state index contributed by atoms with van der Waals surface area (Å²) in [7, 11) is -0.503. The van der Waals surface area contributed by atoms with Gasteiger partial charge in [0, 0.05) is 25.2 Å². The van der Waals surface area contributed by atoms with Gasteiger partial charge in [-0.15, -0.1) is 12.4 Å². The fraction of sp³-hybridized carbons (Fsp3) is 0.538. The summed E-state index contributed by atoms with van der Waals surface area (Å²) in [5, 5.41) is 3.00. The minimum Gasteiger partial charge on any atom is -0.494 e. The molecular formula is C13H20ClFN2O3S. The van der Waals surface area contributed by atoms with Crippen LogP contribution in [0.3, 0.4) is 0 Å². The smallest absolute Gasteiger partial charge is 0.243 e. The van der Waals surface area contributed by atoms with Crippen molar-refractivity contribution in [1.29, 1.82) is 0 Å². The number of methoxy groups -OCH3 is 1. The first-order valence-electron chi connectivity index (χ1n) is 6.50. The van der Waals surface area contributed by atoms with Crippen molar-refractivity contribution in [3.05, 3.63) is 24.0 Å². The molecule has 1 aliphatic heterocycles. The lowest BCUT2D eigenvalue weighted by Crippen LogP contribution is -2.40. The van der Waals surface area contributed by atoms with E-state index in [1.807, 2.05) is 0 Å². The Morgan fingerprint density at radius 1 is 1.48 bits per heavy atom. The molecule has 1 unspecified atom stereocenters. The van der Waals surface area contributed by atoms with Crippen LogP contribution in [0, 0.1) is 5.82 Å². The molecule has 1 aromatic rings. The number of benzene rings is 1. The van der Waals surface area contributed by atoms with E-state index in [0.717, 1.165) is 18.9 Å². The molecule has 0 aliphatic carbocycles. The summed E-state index contributed by atoms with van der Waals surface area (Å²) in [6, 6.07) is 3.58. The van der Waals surface area contributed by atoms with Crippen LogP contribution >= 0.6 is 12.4 Å². The minimum atomic E-state index is -3.61. The van der Waals surface area contributed by atoms with Gasteiger partial charge >= 0.3 is 0 Å². The molecule has 1 N–H and O–H groups in total. The molecule has 1 aliphatic rings. The summed E-state index contributed by atoms with van der Waals surface area (Å²) >= 11 is 0. The number of hydrogen-bond acceptors (Lipinski definition) is 4. The van der Waals surface area contributed by atoms with Crippen LogP contribution in [0.5, 0.6) is 5.75 Å². The van der Waals surface area contributed by atoms with Crippen molar-refractivity contribution < 1.29 is 17.5 Å². The third kappa shape index (κ3) is 3.66. The number of nitrogens with zero attached hydrogens (tertiary/aromatic N) is 1. The van der Waals surface area contributed by atoms with Crippen LogP contribution in [0.25, 0.3) is 0 Å². The van der Waals surface area contributed by atoms with Gasteiger partial charge in [-0.2, -0.15) is 4.31 Å². The van der Waals surface area contributed by atoms with Gasteiger partial charge in [-0.3, -0.25) is 0 Å². The Labute approximate surface area is 130 Å². The second kappa shape index (κ2) is 7.40. The SMILES string of the molecule is CNCC1CCCN1S(=O)(=O)c1ccc(F)c(OC)c1.Cl. The van der Waals surface area contributed by atoms with Gasteiger partial charge in [0.05, 0.1) is 12.0 Å². The number of hydrogen-bond donors (Lipinski definition) is 1. The maximum absolute atomic E-state index is 13.4. The van der Waals surface area contributed by atoms with Gasteiger partial charge in [0.2, 0.25) is 10.0 Å². The zero-order valence-electron chi connectivity index (χ0n) is 12.0. The number of likely N-dealkylation sites (N-methyl/N-ethyl adjacent to an activating group) is 1. The van der Waals surface area contributed by atoms with Crippen molar-refractivity contribution >= 4 is 22.4 Å². The van der Waals surface area contributed by atoms with Gasteiger partial charge in [-0.05, 0) is 32.0 Å². The van der Waals surface area contributed by atoms with Gasteiger partial charge in [0.15, 0.2) is 11.6 Å². The highest BCUT2D eigenvalue weighted by Crippen LogP contribution is 2.28. The molecule has 1 fully saturated rings. The summed E-state index contributed by atoms with van der Waals surface area (Å²) in [5.41, 5.74) is 0. The van der Waals surface area contributed by atoms with Crippen molar-refractivity contribution in [3.63, 3.8) is 0 Å². The van der Waals surface area contributed by atoms with Crippen molar-refractivity contribution in [3.8, 4) is 5.75 Å². The molecule has 0 aromatic heterocycles. The third-order valence-electron chi connectivity index (χ3n) is 3.49. The quantitative estimate of drug-likeness (QED) is 0.886. The van der Waals surface area contributed by atoms with E-state index >= 15 is 0 Å². The predicted octanol–water partition coefficient (Wildman–Crippen LogP) is 1.63. The Morgan fingerprint density at radius 3 is 2.81 bits per heavy atom. The highest BCUT2D eigenvalue weighted by molar-refractivity contribution is 7.89. The summed E-state index contributed by atoms with van der Waals surface area (Å²) < 4.78 is 45.0. The molecule has 0 saturated carbocycles. The average molecular weight is 339 g/mol. The lowest BCUT2D eigenvalue weighted by molar-refractivity contribution is 0.374. The van der Waals surface area contributed by atoms with Gasteiger partial charge in [0.25, 0.3) is 0 Å². The number of nitrogens with one attached hydrogen (secondary N) is 1. The van der Waals surface area contributed by atoms with Crippen molar-refractivity contribution in [2.24, 2.45) is 0 Å². The number of halogens is 2. The summed E-state index contributed by atoms with van der Waals surface area (Å²) in [5.74, 6) is -0.630. The van der Waals surface area contributed by atoms with E-state index in [1.165, 1.54) is 23.5 Å². The molecule has 1 saturated heterocycles. The van der Waals surface area contributed by atoms with Gasteiger partial charge < -0.3 is 10.1 Å². The molecule has 1 heterocycles. The highest BCUT2D eigenvalue weighted by Gasteiger charge is 2.35. The second-order valence-electron chi connectivity index (χ2n) is 4.77. The van der Waals surface area contributed by atoms with Crippen LogP contribution in [-0.4, -0.2) is 46.0 Å². The Balaban J connectivity index is 0.00000220. The van der Waals surface area contributed by atoms with E-state index in [2.05, 4.69) is 5.32 Å². The van der Waals surface area contributed by atoms with Gasteiger partial charge in [0.1, 0.15) is 0 Å². The Hall–Kier alpha value is -0.890. The van der Waals surface area contributed by atoms with Gasteiger partial charge in [-0.25, -0.2) is 12.8 Å². The van der Waals surface area contributed by atoms with E-state index in [0.29, 0.717) is 13.1 Å². The summed E-state index contributed by atoms with van der Waals surface area (Å²) in [6.07, 6.45) is 1.67. The molecule has 1 aromatic carbocycles. The Kier molecular flexibility index (Phi) is 6.40. The fourth-order valence-electron chi connectivity index (χ4n) is 2.50. The normalized spacial score (nSPS) is 19.3. The molecule has 0 radical (unpaired) electrons. The van der Waals surface area contributed by atoms with Crippen LogP contribution in [-0.2, 0) is 10.0 Å². The average Bonchev–Trinajstić information content (AvgIpc) is 2.88. The monoisotopic (exact) mass is 338 g/mol. The van der Waals surface area contributed by atoms with E-state index in [-0.39, 0.29) is 29.1 Å². The van der Waals surface area contributed by atoms with Crippen LogP contribution < -0.4 is 10.1 Å². The standard InChI is InChI=1S/C13H19FN2O3S.ClH/c1-15-9-10-4-3-7-16(10)20(17,18)11-5-6-12(14)13(8-11)19-2;/h5-6,8,10,15H,3-4,7,9H2,1-2H3;1H. The summed E-state index contributed by atoms with van der Waals surface area (Å²) in [4.78, 5) is 0.0683. The topological polar surface area (TPSA) is 58.6 Å². The van der Waals surface area contributed by atoms with Crippen LogP contribution in [0.15, 0.2) is 23.1 Å². The Morgan fingerprint density at radius 2 is 2.19 bits per heavy atom. The second-order valence-corrected chi connectivity index (χ2v) is 6.66. The molecule has 1 atom stereocenters. The number of rotatable bonds is 5. The molecular weight excluding hydrogens is 319 g/mol. The first-order chi connectivity index (χ1) is 9.50. The van der Waals surface area contributed by atoms with Crippen LogP contribution in [0.4, 0.5) is 4.39 Å². The fourth-order valence-corrected chi connectivity index (χ4v) is 4.21. The van der Waals surface area contributed by atoms with E-state index in [1.54, 1.807) is 7.05 Å². The third-order valence-corrected chi connectivity index (χ3v) is 5.44. The molecule has 5 nitrogen and oxygen atoms in total. The van der Waals surface area contributed by atoms with Gasteiger partial charge in [-0.1, -0.05) is 0 Å². The first kappa shape index (κ1) is 18.2. The van der Waals surface area contributed by atoms with Crippen molar-refractivity contribution in [2.75, 3.05) is 27.2 Å². The van der Waals surface area contributed by atoms with Crippen LogP contribution in [0.2, 0.25) is 0 Å². The molecule has 8 heteroatoms. The summed E-state index contributed by atoms with van der Waals surface area (Å²) in [6.45, 7) is 1.10. The first-order valence-corrected chi connectivity index (χ1v) is 7.94. The van der Waals surface area contributed by atoms with Crippen molar-refractivity contribution in [1.82, 2.24) is 9.62 Å². The lowest BCUT2D eigenvalue weighted by atomic mass is 10.2. The molecule has 2 rings (SSSR count). The van der Waals surface area contributed by atoms with E-state index in [4.69, 9.17) is 4.74 Å². The maximum atomic E-state index is 13.4. The predicted molar refractivity (Wildman–Crippen MR) is 81.0 cm³/mol. The largest absolute Gasteiger partial charge is 0.494 e. The molecule has 120 valence electrons. The zero-order valence-corrected chi connectivity index (χ0v) is 13.6. The molecule has 21 heavy (non-hydrogen) atoms. The van der Waals surface area contributed by atoms with Crippen molar-refractivity contribution in [2.45, 2.75) is 23.8 Å². The molecule has 0 spiro atoms. The maximum Gasteiger partial charge on any atom is 0.243 e. The minimum absolute atomic E-state index is 0. The van der Waals surface area contributed by atoms with Crippen LogP contribution in [0.1, 0.15) is 12.8 Å². The molecule has 0 amide bonds. The zero-order chi connectivity index (χ0) is 14.8. The number of sulfonamides is 1. The highest BCUT2D eigenvalue weighted by atomic mass is 35.5. The number of ether oxygens (including phenoxy) is 1.